The Hall–Kier alpha value is -4.90. The van der Waals surface area contributed by atoms with E-state index in [-0.39, 0.29) is 29.9 Å². The second-order valence-electron chi connectivity index (χ2n) is 11.0. The fourth-order valence-corrected chi connectivity index (χ4v) is 4.95. The predicted octanol–water partition coefficient (Wildman–Crippen LogP) is 2.39. The van der Waals surface area contributed by atoms with Gasteiger partial charge in [0.1, 0.15) is 12.2 Å². The molecule has 0 aromatic carbocycles. The molecule has 0 unspecified atom stereocenters. The van der Waals surface area contributed by atoms with Crippen LogP contribution < -0.4 is 16.4 Å². The van der Waals surface area contributed by atoms with Gasteiger partial charge in [-0.05, 0) is 63.8 Å². The predicted molar refractivity (Wildman–Crippen MR) is 150 cm³/mol. The zero-order chi connectivity index (χ0) is 30.0. The molecule has 1 fully saturated rings. The molecular formula is C28H31FN10O3. The minimum absolute atomic E-state index is 0.00727. The van der Waals surface area contributed by atoms with Crippen LogP contribution in [0.3, 0.4) is 0 Å². The van der Waals surface area contributed by atoms with Gasteiger partial charge in [-0.3, -0.25) is 14.6 Å². The summed E-state index contributed by atoms with van der Waals surface area (Å²) >= 11 is 0. The highest BCUT2D eigenvalue weighted by atomic mass is 19.1. The van der Waals surface area contributed by atoms with Gasteiger partial charge in [-0.1, -0.05) is 5.21 Å². The third-order valence-electron chi connectivity index (χ3n) is 7.44. The van der Waals surface area contributed by atoms with Crippen molar-refractivity contribution < 1.29 is 19.1 Å². The Morgan fingerprint density at radius 2 is 2.00 bits per heavy atom. The molecule has 2 amide bonds. The number of amides is 2. The van der Waals surface area contributed by atoms with E-state index in [0.717, 1.165) is 25.7 Å². The molecule has 5 N–H and O–H groups in total. The van der Waals surface area contributed by atoms with Crippen LogP contribution in [0.5, 0.6) is 0 Å². The molecule has 218 valence electrons. The third-order valence-corrected chi connectivity index (χ3v) is 7.44. The normalized spacial score (nSPS) is 17.9. The second kappa shape index (κ2) is 11.5. The molecule has 0 radical (unpaired) electrons. The zero-order valence-electron chi connectivity index (χ0n) is 23.2. The first-order chi connectivity index (χ1) is 20.0. The third kappa shape index (κ3) is 6.06. The van der Waals surface area contributed by atoms with Crippen LogP contribution >= 0.6 is 0 Å². The van der Waals surface area contributed by atoms with E-state index >= 15 is 0 Å². The molecule has 1 aliphatic carbocycles. The molecule has 1 atom stereocenters. The maximum atomic E-state index is 14.4. The summed E-state index contributed by atoms with van der Waals surface area (Å²) < 4.78 is 17.7. The first-order valence-corrected chi connectivity index (χ1v) is 13.5. The zero-order valence-corrected chi connectivity index (χ0v) is 23.2. The Balaban J connectivity index is 1.39. The number of carbonyl (C=O) groups excluding carboxylic acids is 2. The monoisotopic (exact) mass is 574 g/mol. The summed E-state index contributed by atoms with van der Waals surface area (Å²) in [5.74, 6) is -1.16. The van der Waals surface area contributed by atoms with E-state index in [1.54, 1.807) is 27.5 Å². The molecule has 0 bridgehead atoms. The molecule has 0 spiro atoms. The molecule has 4 heterocycles. The topological polar surface area (TPSA) is 189 Å². The van der Waals surface area contributed by atoms with Gasteiger partial charge in [0.2, 0.25) is 0 Å². The lowest BCUT2D eigenvalue weighted by molar-refractivity contribution is -0.00178. The first-order valence-electron chi connectivity index (χ1n) is 13.5. The summed E-state index contributed by atoms with van der Waals surface area (Å²) in [6, 6.07) is 9.26. The molecule has 14 heteroatoms. The number of pyridine rings is 1. The summed E-state index contributed by atoms with van der Waals surface area (Å²) in [5, 5.41) is 37.4. The van der Waals surface area contributed by atoms with Crippen molar-refractivity contribution in [3.05, 3.63) is 59.7 Å². The van der Waals surface area contributed by atoms with E-state index in [0.29, 0.717) is 28.2 Å². The van der Waals surface area contributed by atoms with Crippen LogP contribution in [0.15, 0.2) is 42.9 Å². The Morgan fingerprint density at radius 1 is 1.24 bits per heavy atom. The van der Waals surface area contributed by atoms with Gasteiger partial charge in [0.25, 0.3) is 11.8 Å². The van der Waals surface area contributed by atoms with Gasteiger partial charge in [0, 0.05) is 12.2 Å². The second-order valence-corrected chi connectivity index (χ2v) is 11.0. The number of halogens is 1. The number of rotatable bonds is 9. The molecule has 4 aromatic rings. The van der Waals surface area contributed by atoms with Crippen LogP contribution in [0.25, 0.3) is 16.9 Å². The Labute approximate surface area is 240 Å². The van der Waals surface area contributed by atoms with Gasteiger partial charge in [-0.2, -0.15) is 10.4 Å². The number of nitrogens with zero attached hydrogens (tertiary/aromatic N) is 7. The average Bonchev–Trinajstić information content (AvgIpc) is 3.63. The van der Waals surface area contributed by atoms with Crippen LogP contribution in [-0.4, -0.2) is 70.9 Å². The number of primary amides is 1. The Kier molecular flexibility index (Phi) is 7.86. The lowest BCUT2D eigenvalue weighted by Crippen LogP contribution is -2.42. The molecule has 1 aliphatic rings. The standard InChI is InChI=1S/C28H31FN10O3/c1-28(2,42)25(29)14-33-27(41)20-13-32-22(24-8-7-19-9-16(11-30)12-34-39(19)24)10-21(20)35-17-3-5-18(6-4-17)38-15-23(26(31)40)36-37-38/h7-10,12-13,15,17-18,25,42H,3-6,14H2,1-2H3,(H2,31,40)(H,32,35)(H,33,41)/t17?,18?,25-/m1/s1. The number of carbonyl (C=O) groups is 2. The summed E-state index contributed by atoms with van der Waals surface area (Å²) in [7, 11) is 0. The van der Waals surface area contributed by atoms with E-state index in [9.17, 15) is 24.3 Å². The van der Waals surface area contributed by atoms with Crippen molar-refractivity contribution in [2.75, 3.05) is 11.9 Å². The molecule has 0 aliphatic heterocycles. The number of nitrogens with two attached hydrogens (primary N) is 1. The van der Waals surface area contributed by atoms with Crippen LogP contribution in [0, 0.1) is 11.3 Å². The average molecular weight is 575 g/mol. The van der Waals surface area contributed by atoms with Crippen molar-refractivity contribution in [3.63, 3.8) is 0 Å². The molecular weight excluding hydrogens is 543 g/mol. The maximum Gasteiger partial charge on any atom is 0.270 e. The van der Waals surface area contributed by atoms with Gasteiger partial charge in [0.15, 0.2) is 5.69 Å². The maximum absolute atomic E-state index is 14.4. The number of aliphatic hydroxyl groups is 1. The number of anilines is 1. The summed E-state index contributed by atoms with van der Waals surface area (Å²) in [6.45, 7) is 2.31. The summed E-state index contributed by atoms with van der Waals surface area (Å²) in [4.78, 5) is 29.1. The van der Waals surface area contributed by atoms with Crippen molar-refractivity contribution in [2.45, 2.75) is 63.4 Å². The Morgan fingerprint density at radius 3 is 2.67 bits per heavy atom. The van der Waals surface area contributed by atoms with Crippen molar-refractivity contribution >= 4 is 23.0 Å². The number of nitriles is 1. The quantitative estimate of drug-likeness (QED) is 0.233. The van der Waals surface area contributed by atoms with Crippen molar-refractivity contribution in [1.29, 1.82) is 5.26 Å². The molecule has 13 nitrogen and oxygen atoms in total. The van der Waals surface area contributed by atoms with Gasteiger partial charge in [-0.15, -0.1) is 5.10 Å². The van der Waals surface area contributed by atoms with E-state index in [4.69, 9.17) is 5.73 Å². The molecule has 5 rings (SSSR count). The van der Waals surface area contributed by atoms with E-state index in [1.807, 2.05) is 12.1 Å². The lowest BCUT2D eigenvalue weighted by Gasteiger charge is -2.30. The number of alkyl halides is 1. The smallest absolute Gasteiger partial charge is 0.270 e. The molecule has 0 saturated heterocycles. The van der Waals surface area contributed by atoms with Gasteiger partial charge >= 0.3 is 0 Å². The largest absolute Gasteiger partial charge is 0.387 e. The number of hydrogen-bond donors (Lipinski definition) is 4. The molecule has 1 saturated carbocycles. The van der Waals surface area contributed by atoms with Crippen LogP contribution in [0.2, 0.25) is 0 Å². The fourth-order valence-electron chi connectivity index (χ4n) is 4.95. The summed E-state index contributed by atoms with van der Waals surface area (Å²) in [5.41, 5.74) is 6.91. The van der Waals surface area contributed by atoms with Crippen molar-refractivity contribution in [1.82, 2.24) is 34.9 Å². The summed E-state index contributed by atoms with van der Waals surface area (Å²) in [6.07, 6.45) is 5.78. The van der Waals surface area contributed by atoms with Gasteiger partial charge in [0.05, 0.1) is 64.3 Å². The van der Waals surface area contributed by atoms with Crippen LogP contribution in [0.1, 0.15) is 72.0 Å². The Bertz CT molecular complexity index is 1660. The van der Waals surface area contributed by atoms with E-state index in [2.05, 4.69) is 37.1 Å². The lowest BCUT2D eigenvalue weighted by atomic mass is 9.91. The number of hydrogen-bond acceptors (Lipinski definition) is 9. The van der Waals surface area contributed by atoms with Crippen molar-refractivity contribution in [3.8, 4) is 17.5 Å². The number of fused-ring (bicyclic) bond motifs is 1. The minimum atomic E-state index is -1.66. The first kappa shape index (κ1) is 28.6. The van der Waals surface area contributed by atoms with Crippen LogP contribution in [-0.2, 0) is 0 Å². The van der Waals surface area contributed by atoms with Crippen molar-refractivity contribution in [2.24, 2.45) is 5.73 Å². The fraction of sp³-hybridized carbons (Fsp3) is 0.393. The highest BCUT2D eigenvalue weighted by molar-refractivity contribution is 6.00. The van der Waals surface area contributed by atoms with E-state index < -0.39 is 23.6 Å². The SMILES string of the molecule is CC(C)(O)[C@H](F)CNC(=O)c1cnc(-c2ccc3cc(C#N)cnn23)cc1NC1CCC(n2cc(C(N)=O)nn2)CC1. The van der Waals surface area contributed by atoms with Gasteiger partial charge < -0.3 is 21.5 Å². The van der Waals surface area contributed by atoms with Crippen LogP contribution in [0.4, 0.5) is 10.1 Å². The minimum Gasteiger partial charge on any atom is -0.387 e. The van der Waals surface area contributed by atoms with E-state index in [1.165, 1.54) is 26.2 Å². The highest BCUT2D eigenvalue weighted by Gasteiger charge is 2.28. The number of nitrogens with one attached hydrogen (secondary N) is 2. The highest BCUT2D eigenvalue weighted by Crippen LogP contribution is 2.32. The molecule has 42 heavy (non-hydrogen) atoms. The molecule has 4 aromatic heterocycles. The number of aromatic nitrogens is 6. The van der Waals surface area contributed by atoms with Gasteiger partial charge in [-0.25, -0.2) is 13.6 Å².